The summed E-state index contributed by atoms with van der Waals surface area (Å²) >= 11 is 0. The van der Waals surface area contributed by atoms with Crippen LogP contribution in [0, 0.1) is 5.92 Å². The Morgan fingerprint density at radius 1 is 0.435 bits per heavy atom. The van der Waals surface area contributed by atoms with Gasteiger partial charge in [-0.05, 0) is 116 Å². The van der Waals surface area contributed by atoms with E-state index in [0.717, 1.165) is 22.5 Å². The largest absolute Gasteiger partial charge is 0.338 e. The Morgan fingerprint density at radius 3 is 1.71 bits per heavy atom. The molecule has 1 spiro atoms. The molecule has 5 nitrogen and oxygen atoms in total. The smallest absolute Gasteiger partial charge is 0.238 e. The number of hydrogen-bond acceptors (Lipinski definition) is 5. The number of benzene rings is 8. The van der Waals surface area contributed by atoms with Crippen LogP contribution in [0.1, 0.15) is 92.3 Å². The summed E-state index contributed by atoms with van der Waals surface area (Å²) < 4.78 is 0. The van der Waals surface area contributed by atoms with Crippen molar-refractivity contribution in [2.24, 2.45) is 5.92 Å². The molecule has 2 aliphatic heterocycles. The van der Waals surface area contributed by atoms with Crippen molar-refractivity contribution in [3.8, 4) is 45.0 Å². The minimum absolute atomic E-state index is 0.0710. The molecule has 1 aromatic heterocycles. The van der Waals surface area contributed by atoms with Crippen molar-refractivity contribution in [1.82, 2.24) is 15.0 Å². The van der Waals surface area contributed by atoms with Crippen LogP contribution in [-0.2, 0) is 16.2 Å². The lowest BCUT2D eigenvalue weighted by molar-refractivity contribution is 0.190. The van der Waals surface area contributed by atoms with Crippen molar-refractivity contribution in [2.45, 2.75) is 75.7 Å². The first-order chi connectivity index (χ1) is 33.8. The average molecular weight is 892 g/mol. The molecule has 1 fully saturated rings. The first kappa shape index (κ1) is 40.4. The molecule has 2 atom stereocenters. The quantitative estimate of drug-likeness (QED) is 0.176. The van der Waals surface area contributed by atoms with E-state index in [9.17, 15) is 0 Å². The highest BCUT2D eigenvalue weighted by Crippen LogP contribution is 2.64. The molecule has 0 amide bonds. The number of fused-ring (bicyclic) bond motifs is 14. The van der Waals surface area contributed by atoms with Crippen molar-refractivity contribution in [2.75, 3.05) is 9.80 Å². The third-order valence-electron chi connectivity index (χ3n) is 16.9. The first-order valence-corrected chi connectivity index (χ1v) is 24.9. The van der Waals surface area contributed by atoms with Crippen LogP contribution in [0.25, 0.3) is 45.0 Å². The molecule has 5 aliphatic rings. The predicted molar refractivity (Wildman–Crippen MR) is 281 cm³/mol. The van der Waals surface area contributed by atoms with E-state index in [1.807, 2.05) is 0 Å². The number of rotatable bonds is 4. The van der Waals surface area contributed by atoms with Gasteiger partial charge in [0.05, 0.1) is 16.8 Å². The van der Waals surface area contributed by atoms with Gasteiger partial charge >= 0.3 is 0 Å². The maximum Gasteiger partial charge on any atom is 0.238 e. The van der Waals surface area contributed by atoms with E-state index in [1.165, 1.54) is 98.3 Å². The summed E-state index contributed by atoms with van der Waals surface area (Å²) in [5.74, 6) is 2.42. The van der Waals surface area contributed by atoms with Crippen LogP contribution in [0.3, 0.4) is 0 Å². The Bertz CT molecular complexity index is 3510. The Morgan fingerprint density at radius 2 is 0.986 bits per heavy atom. The Kier molecular flexibility index (Phi) is 8.61. The molecule has 3 heterocycles. The van der Waals surface area contributed by atoms with Crippen molar-refractivity contribution in [3.05, 3.63) is 227 Å². The van der Waals surface area contributed by atoms with Crippen LogP contribution >= 0.6 is 0 Å². The molecule has 1 saturated carbocycles. The number of aromatic nitrogens is 3. The van der Waals surface area contributed by atoms with Crippen LogP contribution in [-0.4, -0.2) is 21.0 Å². The predicted octanol–water partition coefficient (Wildman–Crippen LogP) is 15.6. The first-order valence-electron chi connectivity index (χ1n) is 24.9. The summed E-state index contributed by atoms with van der Waals surface area (Å²) in [4.78, 5) is 21.8. The monoisotopic (exact) mass is 891 g/mol. The van der Waals surface area contributed by atoms with Gasteiger partial charge in [-0.25, -0.2) is 4.98 Å². The zero-order valence-electron chi connectivity index (χ0n) is 39.6. The fourth-order valence-corrected chi connectivity index (χ4v) is 13.9. The number of hydrogen-bond donors (Lipinski definition) is 0. The second-order valence-electron chi connectivity index (χ2n) is 21.0. The van der Waals surface area contributed by atoms with Crippen LogP contribution < -0.4 is 9.80 Å². The lowest BCUT2D eigenvalue weighted by Gasteiger charge is -2.55. The summed E-state index contributed by atoms with van der Waals surface area (Å²) in [6, 6.07) is 69.8. The van der Waals surface area contributed by atoms with E-state index >= 15 is 0 Å². The maximum atomic E-state index is 5.72. The van der Waals surface area contributed by atoms with Gasteiger partial charge < -0.3 is 4.90 Å². The van der Waals surface area contributed by atoms with Gasteiger partial charge in [-0.2, -0.15) is 9.97 Å². The summed E-state index contributed by atoms with van der Waals surface area (Å²) in [5.41, 5.74) is 19.9. The molecule has 5 heteroatoms. The number of para-hydroxylation sites is 2. The fraction of sp³-hybridized carbons (Fsp3) is 0.203. The molecular weight excluding hydrogens is 839 g/mol. The van der Waals surface area contributed by atoms with E-state index in [0.29, 0.717) is 29.6 Å². The molecule has 0 radical (unpaired) electrons. The SMILES string of the molecule is CC1(C)c2ccccc2N(c2nc(-c3ccccc3)nc(-c3cccc4c3-c3ccccc3C43c4ccccc4-c4ccccc43)n2)c2cc3c(cc21)N(c1ccccc1)C1CCCCC1C3(C)C. The highest BCUT2D eigenvalue weighted by molar-refractivity contribution is 5.99. The zero-order chi connectivity index (χ0) is 46.2. The lowest BCUT2D eigenvalue weighted by Crippen LogP contribution is -2.52. The van der Waals surface area contributed by atoms with Gasteiger partial charge in [0.15, 0.2) is 11.6 Å². The van der Waals surface area contributed by atoms with Crippen molar-refractivity contribution in [1.29, 1.82) is 0 Å². The van der Waals surface area contributed by atoms with Crippen molar-refractivity contribution < 1.29 is 0 Å². The molecule has 8 aromatic carbocycles. The van der Waals surface area contributed by atoms with E-state index in [1.54, 1.807) is 0 Å². The molecule has 14 rings (SSSR count). The molecule has 0 saturated heterocycles. The molecule has 2 unspecified atom stereocenters. The van der Waals surface area contributed by atoms with E-state index in [2.05, 4.69) is 226 Å². The lowest BCUT2D eigenvalue weighted by atomic mass is 9.61. The van der Waals surface area contributed by atoms with Gasteiger partial charge in [-0.1, -0.05) is 198 Å². The van der Waals surface area contributed by atoms with Crippen LogP contribution in [0.4, 0.5) is 28.7 Å². The fourth-order valence-electron chi connectivity index (χ4n) is 13.9. The molecule has 3 aliphatic carbocycles. The Labute approximate surface area is 405 Å². The van der Waals surface area contributed by atoms with Gasteiger partial charge in [0.1, 0.15) is 0 Å². The highest BCUT2D eigenvalue weighted by atomic mass is 15.3. The second-order valence-corrected chi connectivity index (χ2v) is 21.0. The molecule has 0 N–H and O–H groups in total. The molecule has 0 bridgehead atoms. The van der Waals surface area contributed by atoms with E-state index in [4.69, 9.17) is 15.0 Å². The van der Waals surface area contributed by atoms with E-state index in [-0.39, 0.29) is 10.8 Å². The third-order valence-corrected chi connectivity index (χ3v) is 16.9. The molecular formula is C64H53N5. The normalized spacial score (nSPS) is 19.1. The number of nitrogens with zero attached hydrogens (tertiary/aromatic N) is 5. The summed E-state index contributed by atoms with van der Waals surface area (Å²) in [7, 11) is 0. The van der Waals surface area contributed by atoms with Crippen LogP contribution in [0.5, 0.6) is 0 Å². The van der Waals surface area contributed by atoms with Crippen LogP contribution in [0.15, 0.2) is 188 Å². The molecule has 69 heavy (non-hydrogen) atoms. The maximum absolute atomic E-state index is 5.72. The number of anilines is 5. The Balaban J connectivity index is 1.04. The molecule has 334 valence electrons. The second kappa shape index (κ2) is 14.7. The van der Waals surface area contributed by atoms with Crippen molar-refractivity contribution in [3.63, 3.8) is 0 Å². The van der Waals surface area contributed by atoms with Gasteiger partial charge in [0.25, 0.3) is 0 Å². The minimum Gasteiger partial charge on any atom is -0.338 e. The van der Waals surface area contributed by atoms with Crippen LogP contribution in [0.2, 0.25) is 0 Å². The third kappa shape index (κ3) is 5.50. The zero-order valence-corrected chi connectivity index (χ0v) is 39.6. The van der Waals surface area contributed by atoms with Gasteiger partial charge in [-0.15, -0.1) is 0 Å². The van der Waals surface area contributed by atoms with E-state index < -0.39 is 5.41 Å². The summed E-state index contributed by atoms with van der Waals surface area (Å²) in [6.07, 6.45) is 4.94. The van der Waals surface area contributed by atoms with Gasteiger partial charge in [0, 0.05) is 34.0 Å². The van der Waals surface area contributed by atoms with Crippen molar-refractivity contribution >= 4 is 28.7 Å². The summed E-state index contributed by atoms with van der Waals surface area (Å²) in [6.45, 7) is 9.80. The summed E-state index contributed by atoms with van der Waals surface area (Å²) in [5, 5.41) is 0. The Hall–Kier alpha value is -7.63. The topological polar surface area (TPSA) is 45.2 Å². The molecule has 9 aromatic rings. The standard InChI is InChI=1S/C64H53N5/c1-62(2)49-33-17-19-36-54(49)68(41-24-9-6-10-25-41)56-38-53-57(39-52(56)62)69(55-37-20-18-34-50(55)63(53,3)4)61-66-59(40-22-7-5-8-23-40)65-60(67-61)45-29-21-35-51-58(45)44-28-13-16-32-48(44)64(51)46-30-14-11-26-42(46)43-27-12-15-31-47(43)64/h5-16,18,20-32,34-35,37-39,49,54H,17,19,33,36H2,1-4H3. The average Bonchev–Trinajstić information content (AvgIpc) is 3.87. The highest BCUT2D eigenvalue weighted by Gasteiger charge is 2.53. The van der Waals surface area contributed by atoms with Gasteiger partial charge in [0.2, 0.25) is 5.95 Å². The minimum atomic E-state index is -0.486. The van der Waals surface area contributed by atoms with Gasteiger partial charge in [-0.3, -0.25) is 4.90 Å².